The molecule has 0 radical (unpaired) electrons. The zero-order valence-corrected chi connectivity index (χ0v) is 8.23. The van der Waals surface area contributed by atoms with E-state index in [2.05, 4.69) is 6.07 Å². The maximum atomic E-state index is 8.82. The molecule has 1 rings (SSSR count). The molecule has 72 valence electrons. The van der Waals surface area contributed by atoms with E-state index < -0.39 is 0 Å². The molecule has 0 bridgehead atoms. The van der Waals surface area contributed by atoms with Gasteiger partial charge in [0, 0.05) is 6.42 Å². The Morgan fingerprint density at radius 1 is 1.43 bits per heavy atom. The smallest absolute Gasteiger partial charge is 0.0982 e. The van der Waals surface area contributed by atoms with Crippen molar-refractivity contribution >= 4 is 0 Å². The normalized spacial score (nSPS) is 10.7. The van der Waals surface area contributed by atoms with Crippen LogP contribution in [0.1, 0.15) is 12.5 Å². The Bertz CT molecular complexity index is 335. The minimum atomic E-state index is 0.597. The van der Waals surface area contributed by atoms with Gasteiger partial charge in [0.1, 0.15) is 0 Å². The van der Waals surface area contributed by atoms with Gasteiger partial charge in [0.2, 0.25) is 0 Å². The third kappa shape index (κ3) is 3.32. The third-order valence-corrected chi connectivity index (χ3v) is 1.77. The minimum Gasteiger partial charge on any atom is -0.500 e. The highest BCUT2D eigenvalue weighted by Crippen LogP contribution is 2.06. The summed E-state index contributed by atoms with van der Waals surface area (Å²) in [6.07, 6.45) is 2.17. The van der Waals surface area contributed by atoms with Crippen LogP contribution < -0.4 is 0 Å². The minimum absolute atomic E-state index is 0.597. The van der Waals surface area contributed by atoms with Crippen molar-refractivity contribution in [1.82, 2.24) is 0 Å². The number of hydrogen-bond acceptors (Lipinski definition) is 2. The fourth-order valence-electron chi connectivity index (χ4n) is 1.11. The molecule has 0 aliphatic heterocycles. The number of ether oxygens (including phenoxy) is 1. The number of nitrogens with zero attached hydrogens (tertiary/aromatic N) is 1. The van der Waals surface area contributed by atoms with Gasteiger partial charge in [0.25, 0.3) is 0 Å². The summed E-state index contributed by atoms with van der Waals surface area (Å²) in [6, 6.07) is 12.0. The number of rotatable bonds is 4. The van der Waals surface area contributed by atoms with E-state index in [1.807, 2.05) is 37.3 Å². The lowest BCUT2D eigenvalue weighted by Gasteiger charge is -1.99. The Kier molecular flexibility index (Phi) is 4.30. The maximum absolute atomic E-state index is 8.82. The number of benzene rings is 1. The van der Waals surface area contributed by atoms with Crippen molar-refractivity contribution < 1.29 is 4.74 Å². The van der Waals surface area contributed by atoms with E-state index in [4.69, 9.17) is 10.00 Å². The van der Waals surface area contributed by atoms with E-state index in [9.17, 15) is 0 Å². The van der Waals surface area contributed by atoms with Crippen molar-refractivity contribution in [2.45, 2.75) is 13.3 Å². The Morgan fingerprint density at radius 3 is 2.71 bits per heavy atom. The van der Waals surface area contributed by atoms with E-state index >= 15 is 0 Å². The summed E-state index contributed by atoms with van der Waals surface area (Å²) < 4.78 is 5.07. The SMILES string of the molecule is CCOC=C(C#N)Cc1ccccc1. The average molecular weight is 187 g/mol. The number of allylic oxidation sites excluding steroid dienone is 1. The molecule has 0 heterocycles. The first kappa shape index (κ1) is 10.3. The number of hydrogen-bond donors (Lipinski definition) is 0. The van der Waals surface area contributed by atoms with Gasteiger partial charge in [-0.05, 0) is 12.5 Å². The molecule has 0 saturated heterocycles. The summed E-state index contributed by atoms with van der Waals surface area (Å²) in [7, 11) is 0. The molecule has 0 aromatic heterocycles. The second-order valence-electron chi connectivity index (χ2n) is 2.87. The summed E-state index contributed by atoms with van der Waals surface area (Å²) in [5, 5.41) is 8.82. The molecule has 0 aliphatic rings. The lowest BCUT2D eigenvalue weighted by molar-refractivity contribution is 0.266. The fraction of sp³-hybridized carbons (Fsp3) is 0.250. The molecule has 0 spiro atoms. The van der Waals surface area contributed by atoms with Crippen LogP contribution in [0.2, 0.25) is 0 Å². The van der Waals surface area contributed by atoms with Crippen LogP contribution >= 0.6 is 0 Å². The van der Waals surface area contributed by atoms with Gasteiger partial charge in [0.05, 0.1) is 24.5 Å². The van der Waals surface area contributed by atoms with Gasteiger partial charge in [-0.1, -0.05) is 30.3 Å². The van der Waals surface area contributed by atoms with Crippen LogP contribution in [0.5, 0.6) is 0 Å². The van der Waals surface area contributed by atoms with Crippen molar-refractivity contribution in [2.75, 3.05) is 6.61 Å². The first-order chi connectivity index (χ1) is 6.86. The Balaban J connectivity index is 2.63. The zero-order valence-electron chi connectivity index (χ0n) is 8.23. The van der Waals surface area contributed by atoms with Gasteiger partial charge in [0.15, 0.2) is 0 Å². The van der Waals surface area contributed by atoms with Crippen molar-refractivity contribution in [3.8, 4) is 6.07 Å². The van der Waals surface area contributed by atoms with Gasteiger partial charge in [-0.15, -0.1) is 0 Å². The van der Waals surface area contributed by atoms with E-state index in [1.165, 1.54) is 6.26 Å². The lowest BCUT2D eigenvalue weighted by atomic mass is 10.1. The van der Waals surface area contributed by atoms with Crippen molar-refractivity contribution in [2.24, 2.45) is 0 Å². The summed E-state index contributed by atoms with van der Waals surface area (Å²) in [5.74, 6) is 0. The van der Waals surface area contributed by atoms with Gasteiger partial charge in [-0.2, -0.15) is 5.26 Å². The van der Waals surface area contributed by atoms with Crippen LogP contribution in [-0.4, -0.2) is 6.61 Å². The molecule has 0 fully saturated rings. The molecule has 0 unspecified atom stereocenters. The lowest BCUT2D eigenvalue weighted by Crippen LogP contribution is -1.90. The predicted molar refractivity (Wildman–Crippen MR) is 55.5 cm³/mol. The summed E-state index contributed by atoms with van der Waals surface area (Å²) in [5.41, 5.74) is 1.78. The molecule has 0 N–H and O–H groups in total. The maximum Gasteiger partial charge on any atom is 0.0982 e. The second kappa shape index (κ2) is 5.82. The summed E-state index contributed by atoms with van der Waals surface area (Å²) in [4.78, 5) is 0. The molecule has 0 aliphatic carbocycles. The van der Waals surface area contributed by atoms with Crippen LogP contribution in [0.25, 0.3) is 0 Å². The molecule has 2 heteroatoms. The van der Waals surface area contributed by atoms with Gasteiger partial charge >= 0.3 is 0 Å². The standard InChI is InChI=1S/C12H13NO/c1-2-14-10-12(9-13)8-11-6-4-3-5-7-11/h3-7,10H,2,8H2,1H3. The topological polar surface area (TPSA) is 33.0 Å². The Morgan fingerprint density at radius 2 is 2.14 bits per heavy atom. The van der Waals surface area contributed by atoms with Crippen LogP contribution in [0.15, 0.2) is 42.2 Å². The summed E-state index contributed by atoms with van der Waals surface area (Å²) >= 11 is 0. The van der Waals surface area contributed by atoms with Crippen LogP contribution in [0.3, 0.4) is 0 Å². The van der Waals surface area contributed by atoms with Gasteiger partial charge < -0.3 is 4.74 Å². The third-order valence-electron chi connectivity index (χ3n) is 1.77. The largest absolute Gasteiger partial charge is 0.500 e. The van der Waals surface area contributed by atoms with Crippen LogP contribution in [-0.2, 0) is 11.2 Å². The highest BCUT2D eigenvalue weighted by Gasteiger charge is 1.97. The van der Waals surface area contributed by atoms with Crippen molar-refractivity contribution in [1.29, 1.82) is 5.26 Å². The van der Waals surface area contributed by atoms with Crippen LogP contribution in [0, 0.1) is 11.3 Å². The van der Waals surface area contributed by atoms with Crippen molar-refractivity contribution in [3.05, 3.63) is 47.7 Å². The van der Waals surface area contributed by atoms with E-state index in [1.54, 1.807) is 0 Å². The first-order valence-corrected chi connectivity index (χ1v) is 4.61. The molecule has 1 aromatic carbocycles. The number of nitriles is 1. The predicted octanol–water partition coefficient (Wildman–Crippen LogP) is 2.67. The first-order valence-electron chi connectivity index (χ1n) is 4.61. The monoisotopic (exact) mass is 187 g/mol. The Hall–Kier alpha value is -1.75. The molecule has 2 nitrogen and oxygen atoms in total. The van der Waals surface area contributed by atoms with Gasteiger partial charge in [-0.25, -0.2) is 0 Å². The highest BCUT2D eigenvalue weighted by molar-refractivity contribution is 5.28. The molecule has 0 atom stereocenters. The van der Waals surface area contributed by atoms with Crippen molar-refractivity contribution in [3.63, 3.8) is 0 Å². The van der Waals surface area contributed by atoms with E-state index in [0.29, 0.717) is 18.6 Å². The molecule has 1 aromatic rings. The molecular weight excluding hydrogens is 174 g/mol. The quantitative estimate of drug-likeness (QED) is 0.536. The fourth-order valence-corrected chi connectivity index (χ4v) is 1.11. The highest BCUT2D eigenvalue weighted by atomic mass is 16.5. The van der Waals surface area contributed by atoms with Crippen LogP contribution in [0.4, 0.5) is 0 Å². The van der Waals surface area contributed by atoms with E-state index in [-0.39, 0.29) is 0 Å². The molecule has 0 amide bonds. The Labute approximate surface area is 84.4 Å². The molecular formula is C12H13NO. The van der Waals surface area contributed by atoms with E-state index in [0.717, 1.165) is 5.56 Å². The summed E-state index contributed by atoms with van der Waals surface area (Å²) in [6.45, 7) is 2.49. The molecule has 0 saturated carbocycles. The molecule has 14 heavy (non-hydrogen) atoms. The van der Waals surface area contributed by atoms with Gasteiger partial charge in [-0.3, -0.25) is 0 Å². The second-order valence-corrected chi connectivity index (χ2v) is 2.87. The zero-order chi connectivity index (χ0) is 10.2. The average Bonchev–Trinajstić information content (AvgIpc) is 2.25.